The van der Waals surface area contributed by atoms with Crippen molar-refractivity contribution in [2.75, 3.05) is 6.54 Å². The molecule has 4 rings (SSSR count). The van der Waals surface area contributed by atoms with Crippen LogP contribution in [0.4, 0.5) is 0 Å². The predicted molar refractivity (Wildman–Crippen MR) is 102 cm³/mol. The van der Waals surface area contributed by atoms with E-state index in [1.165, 1.54) is 45.1 Å². The van der Waals surface area contributed by atoms with E-state index in [0.717, 1.165) is 41.3 Å². The second-order valence-corrected chi connectivity index (χ2v) is 7.66. The molecule has 1 aliphatic heterocycles. The number of fused-ring (bicyclic) bond motifs is 1. The molecule has 0 spiro atoms. The van der Waals surface area contributed by atoms with Gasteiger partial charge >= 0.3 is 0 Å². The van der Waals surface area contributed by atoms with Gasteiger partial charge in [-0.2, -0.15) is 5.10 Å². The minimum atomic E-state index is 0.723. The third-order valence-electron chi connectivity index (χ3n) is 5.85. The fourth-order valence-electron chi connectivity index (χ4n) is 4.61. The Morgan fingerprint density at radius 2 is 1.88 bits per heavy atom. The van der Waals surface area contributed by atoms with Crippen LogP contribution in [-0.2, 0) is 13.2 Å². The Balaban J connectivity index is 1.62. The molecule has 1 saturated heterocycles. The van der Waals surface area contributed by atoms with Gasteiger partial charge in [0, 0.05) is 37.1 Å². The molecule has 0 aromatic carbocycles. The molecule has 134 valence electrons. The SMILES string of the molecule is CCn1c(-c2ccncc2)nn(CN2CCCC3CCCCC32)c1=S. The van der Waals surface area contributed by atoms with Gasteiger partial charge in [0.15, 0.2) is 10.6 Å². The summed E-state index contributed by atoms with van der Waals surface area (Å²) in [5, 5.41) is 4.89. The Hall–Kier alpha value is -1.53. The molecule has 3 heterocycles. The highest BCUT2D eigenvalue weighted by Crippen LogP contribution is 2.35. The van der Waals surface area contributed by atoms with E-state index in [4.69, 9.17) is 17.3 Å². The largest absolute Gasteiger partial charge is 0.300 e. The monoisotopic (exact) mass is 357 g/mol. The van der Waals surface area contributed by atoms with Crippen molar-refractivity contribution in [2.45, 2.75) is 64.7 Å². The number of pyridine rings is 1. The van der Waals surface area contributed by atoms with E-state index in [1.54, 1.807) is 0 Å². The van der Waals surface area contributed by atoms with E-state index in [9.17, 15) is 0 Å². The highest BCUT2D eigenvalue weighted by atomic mass is 32.1. The van der Waals surface area contributed by atoms with Gasteiger partial charge in [-0.05, 0) is 62.9 Å². The van der Waals surface area contributed by atoms with Crippen LogP contribution in [0.5, 0.6) is 0 Å². The van der Waals surface area contributed by atoms with Crippen LogP contribution < -0.4 is 0 Å². The zero-order valence-corrected chi connectivity index (χ0v) is 15.8. The van der Waals surface area contributed by atoms with Gasteiger partial charge in [-0.15, -0.1) is 0 Å². The molecule has 1 saturated carbocycles. The molecule has 2 aromatic heterocycles. The Morgan fingerprint density at radius 1 is 1.12 bits per heavy atom. The van der Waals surface area contributed by atoms with E-state index in [1.807, 2.05) is 29.2 Å². The second kappa shape index (κ2) is 7.38. The minimum Gasteiger partial charge on any atom is -0.300 e. The Labute approximate surface area is 154 Å². The van der Waals surface area contributed by atoms with Gasteiger partial charge in [0.1, 0.15) is 0 Å². The summed E-state index contributed by atoms with van der Waals surface area (Å²) in [6, 6.07) is 4.73. The molecule has 2 fully saturated rings. The van der Waals surface area contributed by atoms with Gasteiger partial charge in [-0.1, -0.05) is 12.8 Å². The van der Waals surface area contributed by atoms with Crippen LogP contribution in [0.25, 0.3) is 11.4 Å². The molecule has 2 aliphatic rings. The number of hydrogen-bond donors (Lipinski definition) is 0. The first-order valence-electron chi connectivity index (χ1n) is 9.60. The lowest BCUT2D eigenvalue weighted by Gasteiger charge is -2.43. The van der Waals surface area contributed by atoms with Crippen LogP contribution in [0.2, 0.25) is 0 Å². The van der Waals surface area contributed by atoms with Crippen molar-refractivity contribution in [3.8, 4) is 11.4 Å². The third-order valence-corrected chi connectivity index (χ3v) is 6.28. The quantitative estimate of drug-likeness (QED) is 0.772. The molecule has 2 unspecified atom stereocenters. The van der Waals surface area contributed by atoms with Gasteiger partial charge in [-0.25, -0.2) is 4.68 Å². The fraction of sp³-hybridized carbons (Fsp3) is 0.632. The van der Waals surface area contributed by atoms with Crippen molar-refractivity contribution in [2.24, 2.45) is 5.92 Å². The van der Waals surface area contributed by atoms with E-state index in [0.29, 0.717) is 0 Å². The van der Waals surface area contributed by atoms with Crippen molar-refractivity contribution in [1.82, 2.24) is 24.2 Å². The van der Waals surface area contributed by atoms with Crippen molar-refractivity contribution in [3.63, 3.8) is 0 Å². The van der Waals surface area contributed by atoms with Crippen LogP contribution in [0.3, 0.4) is 0 Å². The van der Waals surface area contributed by atoms with Crippen LogP contribution >= 0.6 is 12.2 Å². The first kappa shape index (κ1) is 16.9. The summed E-state index contributed by atoms with van der Waals surface area (Å²) in [4.78, 5) is 6.75. The van der Waals surface area contributed by atoms with Gasteiger partial charge in [0.05, 0.1) is 6.67 Å². The van der Waals surface area contributed by atoms with Crippen molar-refractivity contribution in [1.29, 1.82) is 0 Å². The molecule has 0 radical (unpaired) electrons. The van der Waals surface area contributed by atoms with E-state index in [-0.39, 0.29) is 0 Å². The normalized spacial score (nSPS) is 24.2. The number of likely N-dealkylation sites (tertiary alicyclic amines) is 1. The molecule has 2 aromatic rings. The summed E-state index contributed by atoms with van der Waals surface area (Å²) >= 11 is 5.75. The molecule has 2 atom stereocenters. The highest BCUT2D eigenvalue weighted by molar-refractivity contribution is 7.71. The topological polar surface area (TPSA) is 38.9 Å². The average Bonchev–Trinajstić information content (AvgIpc) is 2.98. The Kier molecular flexibility index (Phi) is 4.99. The molecule has 0 bridgehead atoms. The smallest absolute Gasteiger partial charge is 0.199 e. The van der Waals surface area contributed by atoms with Gasteiger partial charge in [0.2, 0.25) is 0 Å². The molecule has 0 amide bonds. The number of piperidine rings is 1. The van der Waals surface area contributed by atoms with Gasteiger partial charge in [-0.3, -0.25) is 9.88 Å². The standard InChI is InChI=1S/C19H27N5S/c1-2-23-18(16-9-11-20-12-10-16)21-24(19(23)25)14-22-13-5-7-15-6-3-4-8-17(15)22/h9-12,15,17H,2-8,13-14H2,1H3. The maximum atomic E-state index is 5.75. The number of hydrogen-bond acceptors (Lipinski definition) is 4. The van der Waals surface area contributed by atoms with Crippen molar-refractivity contribution in [3.05, 3.63) is 29.3 Å². The van der Waals surface area contributed by atoms with Gasteiger partial charge in [0.25, 0.3) is 0 Å². The Bertz CT molecular complexity index is 764. The summed E-state index contributed by atoms with van der Waals surface area (Å²) < 4.78 is 4.99. The number of nitrogens with zero attached hydrogens (tertiary/aromatic N) is 5. The zero-order chi connectivity index (χ0) is 17.2. The molecule has 25 heavy (non-hydrogen) atoms. The second-order valence-electron chi connectivity index (χ2n) is 7.29. The van der Waals surface area contributed by atoms with E-state index < -0.39 is 0 Å². The molecule has 0 N–H and O–H groups in total. The first-order chi connectivity index (χ1) is 12.3. The summed E-state index contributed by atoms with van der Waals surface area (Å²) in [7, 11) is 0. The van der Waals surface area contributed by atoms with Crippen LogP contribution in [0.15, 0.2) is 24.5 Å². The lowest BCUT2D eigenvalue weighted by atomic mass is 9.78. The van der Waals surface area contributed by atoms with Crippen LogP contribution in [0.1, 0.15) is 45.4 Å². The summed E-state index contributed by atoms with van der Waals surface area (Å²) in [6.45, 7) is 4.96. The molecular weight excluding hydrogens is 330 g/mol. The maximum absolute atomic E-state index is 5.75. The highest BCUT2D eigenvalue weighted by Gasteiger charge is 2.33. The predicted octanol–water partition coefficient (Wildman–Crippen LogP) is 4.11. The molecule has 6 heteroatoms. The van der Waals surface area contributed by atoms with Gasteiger partial charge < -0.3 is 4.57 Å². The van der Waals surface area contributed by atoms with E-state index >= 15 is 0 Å². The minimum absolute atomic E-state index is 0.723. The number of rotatable bonds is 4. The molecule has 5 nitrogen and oxygen atoms in total. The zero-order valence-electron chi connectivity index (χ0n) is 15.0. The fourth-order valence-corrected chi connectivity index (χ4v) is 4.92. The lowest BCUT2D eigenvalue weighted by Crippen LogP contribution is -2.47. The maximum Gasteiger partial charge on any atom is 0.199 e. The van der Waals surface area contributed by atoms with Crippen LogP contribution in [-0.4, -0.2) is 36.8 Å². The average molecular weight is 358 g/mol. The molecular formula is C19H27N5S. The lowest BCUT2D eigenvalue weighted by molar-refractivity contribution is 0.0323. The number of aromatic nitrogens is 4. The van der Waals surface area contributed by atoms with Crippen molar-refractivity contribution < 1.29 is 0 Å². The molecule has 1 aliphatic carbocycles. The summed E-state index contributed by atoms with van der Waals surface area (Å²) in [6.07, 6.45) is 11.9. The summed E-state index contributed by atoms with van der Waals surface area (Å²) in [5.74, 6) is 1.83. The third kappa shape index (κ3) is 3.29. The van der Waals surface area contributed by atoms with Crippen LogP contribution in [0, 0.1) is 10.7 Å². The summed E-state index contributed by atoms with van der Waals surface area (Å²) in [5.41, 5.74) is 1.08. The Morgan fingerprint density at radius 3 is 2.68 bits per heavy atom. The van der Waals surface area contributed by atoms with Crippen molar-refractivity contribution >= 4 is 12.2 Å². The first-order valence-corrected chi connectivity index (χ1v) is 10.0. The van der Waals surface area contributed by atoms with E-state index in [2.05, 4.69) is 21.4 Å².